The molecule has 51 heavy (non-hydrogen) atoms. The van der Waals surface area contributed by atoms with Crippen LogP contribution in [-0.4, -0.2) is 46.8 Å². The molecule has 2 saturated heterocycles. The zero-order valence-electron chi connectivity index (χ0n) is 31.0. The Kier molecular flexibility index (Phi) is 8.18. The maximum Gasteiger partial charge on any atom is 0.0402 e. The summed E-state index contributed by atoms with van der Waals surface area (Å²) in [5.74, 6) is 6.53. The number of nitrogens with one attached hydrogen (secondary N) is 2. The number of benzene rings is 2. The van der Waals surface area contributed by atoms with E-state index in [-0.39, 0.29) is 13.1 Å². The third kappa shape index (κ3) is 5.37. The molecular formula is C47H62N2P2. The molecule has 11 aliphatic rings. The van der Waals surface area contributed by atoms with Crippen molar-refractivity contribution in [1.29, 1.82) is 0 Å². The lowest BCUT2D eigenvalue weighted by atomic mass is 9.55. The predicted octanol–water partition coefficient (Wildman–Crippen LogP) is 10.7. The summed E-state index contributed by atoms with van der Waals surface area (Å²) in [4.78, 5) is 0. The summed E-state index contributed by atoms with van der Waals surface area (Å²) in [6, 6.07) is 24.6. The molecule has 8 bridgehead atoms. The summed E-state index contributed by atoms with van der Waals surface area (Å²) < 4.78 is 0. The molecule has 4 atom stereocenters. The largest absolute Gasteiger partial charge is 0.313 e. The van der Waals surface area contributed by atoms with Crippen molar-refractivity contribution in [2.24, 2.45) is 35.5 Å². The summed E-state index contributed by atoms with van der Waals surface area (Å²) in [5.41, 5.74) is 8.17. The maximum atomic E-state index is 4.13. The Morgan fingerprint density at radius 2 is 1.08 bits per heavy atom. The smallest absolute Gasteiger partial charge is 0.0402 e. The van der Waals surface area contributed by atoms with Gasteiger partial charge in [0, 0.05) is 23.2 Å². The highest BCUT2D eigenvalue weighted by Gasteiger charge is 2.63. The Balaban J connectivity index is 1.12. The van der Waals surface area contributed by atoms with E-state index in [1.165, 1.54) is 56.1 Å². The van der Waals surface area contributed by atoms with Gasteiger partial charge in [-0.1, -0.05) is 74.7 Å². The highest BCUT2D eigenvalue weighted by atomic mass is 31.1. The second-order valence-electron chi connectivity index (χ2n) is 19.8. The van der Waals surface area contributed by atoms with Crippen LogP contribution in [0, 0.1) is 35.5 Å². The minimum Gasteiger partial charge on any atom is -0.313 e. The van der Waals surface area contributed by atoms with E-state index in [2.05, 4.69) is 86.6 Å². The highest BCUT2D eigenvalue weighted by Crippen LogP contribution is 2.80. The Bertz CT molecular complexity index is 1550. The van der Waals surface area contributed by atoms with Gasteiger partial charge in [-0.15, -0.1) is 9.24 Å². The molecule has 2 N–H and O–H groups in total. The fourth-order valence-corrected chi connectivity index (χ4v) is 21.8. The fourth-order valence-electron chi connectivity index (χ4n) is 15.8. The van der Waals surface area contributed by atoms with Crippen LogP contribution in [0.1, 0.15) is 120 Å². The Labute approximate surface area is 312 Å². The van der Waals surface area contributed by atoms with E-state index in [4.69, 9.17) is 0 Å². The van der Waals surface area contributed by atoms with Crippen LogP contribution in [-0.2, 0) is 0 Å². The molecule has 0 spiro atoms. The molecule has 2 aliphatic heterocycles. The minimum atomic E-state index is -0.164. The topological polar surface area (TPSA) is 24.1 Å². The molecule has 4 heteroatoms. The minimum absolute atomic E-state index is 0.00976. The standard InChI is InChI=1S/C47H62N2P2/c50-47(42-13-7-15-48-42,43-14-8-16-49-43)41-23-39(37-9-3-1-4-10-37)44(38-11-5-2-6-12-38)40(41)30-51(45-24-31-17-32(25-45)19-33(18-31)26-45)46-27-34-20-35(28-46)22-36(21-34)29-46/h1-6,9-12,23,31-36,42-44,48-49H,7-8,13-22,24-30,50H2. The fraction of sp³-hybridized carbons (Fsp3) is 0.660. The summed E-state index contributed by atoms with van der Waals surface area (Å²) in [7, 11) is 3.49. The molecule has 4 unspecified atom stereocenters. The van der Waals surface area contributed by atoms with E-state index >= 15 is 0 Å². The molecule has 10 fully saturated rings. The average molecular weight is 717 g/mol. The average Bonchev–Trinajstić information content (AvgIpc) is 3.93. The molecule has 2 heterocycles. The maximum absolute atomic E-state index is 4.13. The van der Waals surface area contributed by atoms with Crippen molar-refractivity contribution >= 4 is 22.7 Å². The first-order chi connectivity index (χ1) is 25.0. The molecule has 2 aromatic rings. The van der Waals surface area contributed by atoms with Crippen molar-refractivity contribution in [3.8, 4) is 0 Å². The van der Waals surface area contributed by atoms with Gasteiger partial charge in [0.15, 0.2) is 0 Å². The Morgan fingerprint density at radius 1 is 0.627 bits per heavy atom. The number of hydrogen-bond acceptors (Lipinski definition) is 2. The van der Waals surface area contributed by atoms with E-state index in [0.29, 0.717) is 28.3 Å². The van der Waals surface area contributed by atoms with E-state index in [9.17, 15) is 0 Å². The first-order valence-electron chi connectivity index (χ1n) is 21.6. The number of hydrogen-bond donors (Lipinski definition) is 2. The second kappa shape index (κ2) is 12.6. The van der Waals surface area contributed by atoms with Gasteiger partial charge in [0.1, 0.15) is 0 Å². The van der Waals surface area contributed by atoms with Crippen molar-refractivity contribution in [2.75, 3.05) is 19.3 Å². The van der Waals surface area contributed by atoms with Crippen LogP contribution in [0.2, 0.25) is 0 Å². The van der Waals surface area contributed by atoms with Crippen LogP contribution in [0.5, 0.6) is 0 Å². The molecule has 8 saturated carbocycles. The summed E-state index contributed by atoms with van der Waals surface area (Å²) >= 11 is 0. The van der Waals surface area contributed by atoms with Crippen molar-refractivity contribution in [1.82, 2.24) is 10.6 Å². The van der Waals surface area contributed by atoms with Crippen molar-refractivity contribution < 1.29 is 0 Å². The van der Waals surface area contributed by atoms with E-state index in [1.807, 2.05) is 5.57 Å². The third-order valence-corrected chi connectivity index (χ3v) is 21.9. The van der Waals surface area contributed by atoms with Crippen LogP contribution in [0.15, 0.2) is 77.9 Å². The molecule has 270 valence electrons. The van der Waals surface area contributed by atoms with E-state index in [0.717, 1.165) is 35.5 Å². The molecule has 9 aliphatic carbocycles. The van der Waals surface area contributed by atoms with Gasteiger partial charge in [-0.05, 0) is 196 Å². The van der Waals surface area contributed by atoms with Gasteiger partial charge in [-0.25, -0.2) is 0 Å². The first-order valence-corrected chi connectivity index (χ1v) is 23.7. The second-order valence-corrected chi connectivity index (χ2v) is 23.9. The molecular weight excluding hydrogens is 654 g/mol. The van der Waals surface area contributed by atoms with Crippen LogP contribution in [0.25, 0.3) is 5.57 Å². The summed E-state index contributed by atoms with van der Waals surface area (Å²) in [6.07, 6.45) is 28.4. The zero-order valence-corrected chi connectivity index (χ0v) is 33.1. The lowest BCUT2D eigenvalue weighted by molar-refractivity contribution is 0.0187. The van der Waals surface area contributed by atoms with Gasteiger partial charge in [0.2, 0.25) is 0 Å². The van der Waals surface area contributed by atoms with Gasteiger partial charge in [-0.3, -0.25) is 0 Å². The van der Waals surface area contributed by atoms with Gasteiger partial charge >= 0.3 is 0 Å². The van der Waals surface area contributed by atoms with Crippen molar-refractivity contribution in [3.63, 3.8) is 0 Å². The van der Waals surface area contributed by atoms with Crippen LogP contribution in [0.4, 0.5) is 0 Å². The monoisotopic (exact) mass is 716 g/mol. The van der Waals surface area contributed by atoms with E-state index in [1.54, 1.807) is 88.2 Å². The highest BCUT2D eigenvalue weighted by molar-refractivity contribution is 7.61. The Hall–Kier alpha value is -1.30. The molecule has 2 aromatic carbocycles. The van der Waals surface area contributed by atoms with Crippen molar-refractivity contribution in [2.45, 2.75) is 136 Å². The normalized spacial score (nSPS) is 43.9. The molecule has 0 aromatic heterocycles. The lowest BCUT2D eigenvalue weighted by Crippen LogP contribution is -2.57. The quantitative estimate of drug-likeness (QED) is 0.253. The predicted molar refractivity (Wildman–Crippen MR) is 219 cm³/mol. The third-order valence-electron chi connectivity index (χ3n) is 16.8. The summed E-state index contributed by atoms with van der Waals surface area (Å²) in [5, 5.41) is 9.53. The number of rotatable bonds is 9. The zero-order chi connectivity index (χ0) is 33.8. The molecule has 2 nitrogen and oxygen atoms in total. The molecule has 0 amide bonds. The lowest BCUT2D eigenvalue weighted by Gasteiger charge is -2.68. The molecule has 13 rings (SSSR count). The van der Waals surface area contributed by atoms with Crippen LogP contribution < -0.4 is 10.6 Å². The van der Waals surface area contributed by atoms with Crippen molar-refractivity contribution in [3.05, 3.63) is 89.0 Å². The van der Waals surface area contributed by atoms with Gasteiger partial charge in [-0.2, -0.15) is 0 Å². The molecule has 0 radical (unpaired) electrons. The SMILES string of the molecule is PC(C1=C(CP(C23CC4CC(CC(C4)C2)C3)C23CC4CC(CC(C4)C2)C3)C(c2ccccc2)C(c2ccccc2)=C1)(C1CCCN1)C1CCCN1. The van der Waals surface area contributed by atoms with Crippen LogP contribution in [0.3, 0.4) is 0 Å². The van der Waals surface area contributed by atoms with Gasteiger partial charge < -0.3 is 10.6 Å². The van der Waals surface area contributed by atoms with E-state index < -0.39 is 0 Å². The van der Waals surface area contributed by atoms with Gasteiger partial charge in [0.05, 0.1) is 0 Å². The first kappa shape index (κ1) is 33.1. The number of allylic oxidation sites excluding steroid dienone is 3. The van der Waals surface area contributed by atoms with Crippen LogP contribution >= 0.6 is 17.2 Å². The van der Waals surface area contributed by atoms with Gasteiger partial charge in [0.25, 0.3) is 0 Å². The Morgan fingerprint density at radius 3 is 1.51 bits per heavy atom. The summed E-state index contributed by atoms with van der Waals surface area (Å²) in [6.45, 7) is 2.33.